The maximum atomic E-state index is 13.3. The molecule has 3 rings (SSSR count). The summed E-state index contributed by atoms with van der Waals surface area (Å²) in [7, 11) is 1.55. The molecule has 2 fully saturated rings. The second-order valence-corrected chi connectivity index (χ2v) is 6.75. The van der Waals surface area contributed by atoms with Crippen LogP contribution in [-0.4, -0.2) is 50.1 Å². The smallest absolute Gasteiger partial charge is 0.225 e. The number of hydrogen-bond donors (Lipinski definition) is 1. The van der Waals surface area contributed by atoms with Crippen molar-refractivity contribution in [1.82, 2.24) is 4.90 Å². The molecular formula is C18H26FN3O2. The summed E-state index contributed by atoms with van der Waals surface area (Å²) in [4.78, 5) is 16.8. The number of anilines is 1. The number of ether oxygens (including phenoxy) is 1. The summed E-state index contributed by atoms with van der Waals surface area (Å²) in [5.41, 5.74) is 6.89. The second-order valence-electron chi connectivity index (χ2n) is 6.75. The summed E-state index contributed by atoms with van der Waals surface area (Å²) < 4.78 is 18.6. The number of nitrogens with zero attached hydrogens (tertiary/aromatic N) is 2. The summed E-state index contributed by atoms with van der Waals surface area (Å²) in [6.07, 6.45) is 3.84. The van der Waals surface area contributed by atoms with Gasteiger partial charge in [-0.05, 0) is 31.4 Å². The molecule has 5 nitrogen and oxygen atoms in total. The number of nitrogens with two attached hydrogens (primary N) is 1. The Bertz CT molecular complexity index is 588. The van der Waals surface area contributed by atoms with Crippen molar-refractivity contribution in [2.75, 3.05) is 38.2 Å². The van der Waals surface area contributed by atoms with Crippen LogP contribution in [0.4, 0.5) is 10.1 Å². The first kappa shape index (κ1) is 17.0. The Hall–Kier alpha value is -1.82. The summed E-state index contributed by atoms with van der Waals surface area (Å²) in [5, 5.41) is 0. The number of halogens is 1. The number of benzene rings is 1. The Balaban J connectivity index is 1.60. The first-order valence-corrected chi connectivity index (χ1v) is 8.71. The first-order valence-electron chi connectivity index (χ1n) is 8.71. The fourth-order valence-corrected chi connectivity index (χ4v) is 3.79. The minimum absolute atomic E-state index is 0.0839. The normalized spacial score (nSPS) is 24.8. The topological polar surface area (TPSA) is 58.8 Å². The molecule has 2 N–H and O–H groups in total. The molecule has 1 aromatic rings. The minimum Gasteiger partial charge on any atom is -0.494 e. The molecule has 2 unspecified atom stereocenters. The molecule has 0 spiro atoms. The highest BCUT2D eigenvalue weighted by Crippen LogP contribution is 2.30. The summed E-state index contributed by atoms with van der Waals surface area (Å²) in [5.74, 6) is 0.558. The van der Waals surface area contributed by atoms with E-state index < -0.39 is 0 Å². The van der Waals surface area contributed by atoms with Crippen LogP contribution >= 0.6 is 0 Å². The van der Waals surface area contributed by atoms with Crippen LogP contribution in [0.15, 0.2) is 18.2 Å². The van der Waals surface area contributed by atoms with Gasteiger partial charge in [0.25, 0.3) is 0 Å². The Kier molecular flexibility index (Phi) is 5.23. The number of carbonyl (C=O) groups excluding carboxylic acids is 1. The number of carbonyl (C=O) groups is 1. The lowest BCUT2D eigenvalue weighted by Gasteiger charge is -2.39. The predicted molar refractivity (Wildman–Crippen MR) is 91.7 cm³/mol. The molecule has 1 aliphatic heterocycles. The second kappa shape index (κ2) is 7.38. The highest BCUT2D eigenvalue weighted by molar-refractivity contribution is 5.79. The largest absolute Gasteiger partial charge is 0.494 e. The first-order chi connectivity index (χ1) is 11.6. The van der Waals surface area contributed by atoms with Gasteiger partial charge in [-0.2, -0.15) is 0 Å². The van der Waals surface area contributed by atoms with Gasteiger partial charge in [0.1, 0.15) is 11.6 Å². The van der Waals surface area contributed by atoms with Gasteiger partial charge in [-0.15, -0.1) is 0 Å². The van der Waals surface area contributed by atoms with Crippen molar-refractivity contribution in [2.45, 2.75) is 31.7 Å². The number of piperazine rings is 1. The third-order valence-corrected chi connectivity index (χ3v) is 5.14. The van der Waals surface area contributed by atoms with Gasteiger partial charge in [-0.1, -0.05) is 6.42 Å². The molecule has 1 aromatic carbocycles. The van der Waals surface area contributed by atoms with Crippen LogP contribution in [0.25, 0.3) is 0 Å². The van der Waals surface area contributed by atoms with Crippen molar-refractivity contribution in [2.24, 2.45) is 11.7 Å². The maximum absolute atomic E-state index is 13.3. The van der Waals surface area contributed by atoms with E-state index in [1.54, 1.807) is 13.2 Å². The molecule has 1 aliphatic carbocycles. The molecule has 0 aromatic heterocycles. The van der Waals surface area contributed by atoms with Crippen LogP contribution in [0, 0.1) is 11.7 Å². The van der Waals surface area contributed by atoms with Crippen molar-refractivity contribution < 1.29 is 13.9 Å². The molecule has 1 saturated carbocycles. The van der Waals surface area contributed by atoms with E-state index in [0.717, 1.165) is 44.5 Å². The van der Waals surface area contributed by atoms with E-state index >= 15 is 0 Å². The molecule has 1 amide bonds. The van der Waals surface area contributed by atoms with Crippen LogP contribution in [0.2, 0.25) is 0 Å². The van der Waals surface area contributed by atoms with Crippen LogP contribution in [-0.2, 0) is 4.79 Å². The van der Waals surface area contributed by atoms with E-state index in [-0.39, 0.29) is 23.7 Å². The lowest BCUT2D eigenvalue weighted by molar-refractivity contribution is -0.137. The highest BCUT2D eigenvalue weighted by atomic mass is 19.1. The van der Waals surface area contributed by atoms with Crippen LogP contribution in [0.5, 0.6) is 5.75 Å². The van der Waals surface area contributed by atoms with Gasteiger partial charge < -0.3 is 20.3 Å². The maximum Gasteiger partial charge on any atom is 0.225 e. The van der Waals surface area contributed by atoms with Crippen molar-refractivity contribution in [1.29, 1.82) is 0 Å². The van der Waals surface area contributed by atoms with E-state index in [9.17, 15) is 9.18 Å². The molecule has 0 bridgehead atoms. The van der Waals surface area contributed by atoms with E-state index in [0.29, 0.717) is 18.8 Å². The summed E-state index contributed by atoms with van der Waals surface area (Å²) in [6, 6.07) is 4.75. The Labute approximate surface area is 142 Å². The van der Waals surface area contributed by atoms with E-state index in [4.69, 9.17) is 10.5 Å². The molecule has 2 aliphatic rings. The zero-order chi connectivity index (χ0) is 17.1. The van der Waals surface area contributed by atoms with Crippen molar-refractivity contribution >= 4 is 11.6 Å². The van der Waals surface area contributed by atoms with Gasteiger partial charge in [0.2, 0.25) is 5.91 Å². The predicted octanol–water partition coefficient (Wildman–Crippen LogP) is 2.00. The minimum atomic E-state index is -0.307. The van der Waals surface area contributed by atoms with Gasteiger partial charge in [0, 0.05) is 44.2 Å². The average molecular weight is 335 g/mol. The standard InChI is InChI=1S/C18H26FN3O2/c1-24-17-12-14(19)5-6-16(17)21-7-9-22(10-8-21)18(23)13-3-2-4-15(20)11-13/h5-6,12-13,15H,2-4,7-11,20H2,1H3. The van der Waals surface area contributed by atoms with E-state index in [1.807, 2.05) is 4.90 Å². The molecule has 1 saturated heterocycles. The van der Waals surface area contributed by atoms with E-state index in [2.05, 4.69) is 4.90 Å². The molecule has 132 valence electrons. The van der Waals surface area contributed by atoms with Crippen molar-refractivity contribution in [3.05, 3.63) is 24.0 Å². The molecule has 6 heteroatoms. The van der Waals surface area contributed by atoms with Gasteiger partial charge >= 0.3 is 0 Å². The van der Waals surface area contributed by atoms with Crippen molar-refractivity contribution in [3.63, 3.8) is 0 Å². The third kappa shape index (κ3) is 3.64. The Morgan fingerprint density at radius 2 is 2.00 bits per heavy atom. The number of amides is 1. The van der Waals surface area contributed by atoms with Gasteiger partial charge in [-0.25, -0.2) is 4.39 Å². The van der Waals surface area contributed by atoms with Crippen LogP contribution < -0.4 is 15.4 Å². The van der Waals surface area contributed by atoms with Crippen LogP contribution in [0.1, 0.15) is 25.7 Å². The Morgan fingerprint density at radius 3 is 2.67 bits per heavy atom. The zero-order valence-corrected chi connectivity index (χ0v) is 14.2. The zero-order valence-electron chi connectivity index (χ0n) is 14.2. The highest BCUT2D eigenvalue weighted by Gasteiger charge is 2.31. The fraction of sp³-hybridized carbons (Fsp3) is 0.611. The average Bonchev–Trinajstić information content (AvgIpc) is 2.61. The fourth-order valence-electron chi connectivity index (χ4n) is 3.79. The number of rotatable bonds is 3. The molecule has 24 heavy (non-hydrogen) atoms. The summed E-state index contributed by atoms with van der Waals surface area (Å²) in [6.45, 7) is 2.83. The number of methoxy groups -OCH3 is 1. The van der Waals surface area contributed by atoms with Crippen molar-refractivity contribution in [3.8, 4) is 5.75 Å². The summed E-state index contributed by atoms with van der Waals surface area (Å²) >= 11 is 0. The van der Waals surface area contributed by atoms with Crippen LogP contribution in [0.3, 0.4) is 0 Å². The van der Waals surface area contributed by atoms with Gasteiger partial charge in [-0.3, -0.25) is 4.79 Å². The van der Waals surface area contributed by atoms with E-state index in [1.165, 1.54) is 12.1 Å². The lowest BCUT2D eigenvalue weighted by atomic mass is 9.85. The quantitative estimate of drug-likeness (QED) is 0.918. The molecule has 1 heterocycles. The monoisotopic (exact) mass is 335 g/mol. The molecular weight excluding hydrogens is 309 g/mol. The van der Waals surface area contributed by atoms with Gasteiger partial charge in [0.15, 0.2) is 0 Å². The Morgan fingerprint density at radius 1 is 1.25 bits per heavy atom. The SMILES string of the molecule is COc1cc(F)ccc1N1CCN(C(=O)C2CCCC(N)C2)CC1. The third-order valence-electron chi connectivity index (χ3n) is 5.14. The molecule has 0 radical (unpaired) electrons. The number of hydrogen-bond acceptors (Lipinski definition) is 4. The molecule has 2 atom stereocenters. The lowest BCUT2D eigenvalue weighted by Crippen LogP contribution is -2.51. The van der Waals surface area contributed by atoms with Gasteiger partial charge in [0.05, 0.1) is 12.8 Å².